The van der Waals surface area contributed by atoms with Crippen molar-refractivity contribution in [3.05, 3.63) is 52.4 Å². The minimum Gasteiger partial charge on any atom is -0.496 e. The first-order valence-corrected chi connectivity index (χ1v) is 8.97. The van der Waals surface area contributed by atoms with E-state index >= 15 is 0 Å². The van der Waals surface area contributed by atoms with Gasteiger partial charge < -0.3 is 23.4 Å². The molecule has 3 aromatic rings. The van der Waals surface area contributed by atoms with Crippen LogP contribution in [0.2, 0.25) is 0 Å². The third-order valence-corrected chi connectivity index (χ3v) is 4.37. The van der Waals surface area contributed by atoms with Crippen LogP contribution >= 0.6 is 0 Å². The van der Waals surface area contributed by atoms with Crippen LogP contribution in [0.5, 0.6) is 17.2 Å². The van der Waals surface area contributed by atoms with Crippen LogP contribution in [0.1, 0.15) is 19.4 Å². The largest absolute Gasteiger partial charge is 0.496 e. The average molecular weight is 412 g/mol. The summed E-state index contributed by atoms with van der Waals surface area (Å²) in [6.45, 7) is 2.19. The monoisotopic (exact) mass is 412 g/mol. The average Bonchev–Trinajstić information content (AvgIpc) is 2.72. The Labute approximate surface area is 171 Å². The third kappa shape index (κ3) is 3.98. The summed E-state index contributed by atoms with van der Waals surface area (Å²) in [6.07, 6.45) is 1.31. The second-order valence-electron chi connectivity index (χ2n) is 6.31. The molecule has 0 aliphatic heterocycles. The minimum absolute atomic E-state index is 0.0246. The van der Waals surface area contributed by atoms with Gasteiger partial charge in [0.05, 0.1) is 25.3 Å². The summed E-state index contributed by atoms with van der Waals surface area (Å²) < 4.78 is 26.8. The summed E-state index contributed by atoms with van der Waals surface area (Å²) in [4.78, 5) is 36.5. The molecule has 0 aliphatic carbocycles. The topological polar surface area (TPSA) is 101 Å². The standard InChI is InChI=1S/C22H20O8/c1-12(23)28-11-16-18(27-4)9-19-20(22(16)30-13(2)24)21(25)15(10-29-19)14-7-5-6-8-17(14)26-3/h5-10H,11H2,1-4H3. The number of carbonyl (C=O) groups is 2. The fraction of sp³-hybridized carbons (Fsp3) is 0.227. The van der Waals surface area contributed by atoms with Gasteiger partial charge in [0, 0.05) is 25.5 Å². The molecular formula is C22H20O8. The fourth-order valence-corrected chi connectivity index (χ4v) is 3.07. The van der Waals surface area contributed by atoms with Crippen molar-refractivity contribution in [2.24, 2.45) is 0 Å². The zero-order valence-corrected chi connectivity index (χ0v) is 16.9. The van der Waals surface area contributed by atoms with E-state index in [1.807, 2.05) is 0 Å². The Morgan fingerprint density at radius 1 is 0.967 bits per heavy atom. The second kappa shape index (κ2) is 8.69. The first kappa shape index (κ1) is 20.9. The number of benzene rings is 2. The van der Waals surface area contributed by atoms with Gasteiger partial charge in [-0.25, -0.2) is 0 Å². The Balaban J connectivity index is 2.36. The maximum atomic E-state index is 13.4. The molecule has 1 heterocycles. The van der Waals surface area contributed by atoms with Crippen molar-refractivity contribution < 1.29 is 33.0 Å². The van der Waals surface area contributed by atoms with Gasteiger partial charge in [0.1, 0.15) is 35.3 Å². The number of carbonyl (C=O) groups excluding carboxylic acids is 2. The van der Waals surface area contributed by atoms with Crippen molar-refractivity contribution in [1.29, 1.82) is 0 Å². The molecule has 8 heteroatoms. The van der Waals surface area contributed by atoms with Crippen molar-refractivity contribution >= 4 is 22.9 Å². The molecule has 0 N–H and O–H groups in total. The van der Waals surface area contributed by atoms with E-state index < -0.39 is 17.4 Å². The molecule has 156 valence electrons. The highest BCUT2D eigenvalue weighted by molar-refractivity contribution is 5.92. The zero-order valence-electron chi connectivity index (χ0n) is 16.9. The molecule has 0 bridgehead atoms. The molecule has 0 radical (unpaired) electrons. The maximum Gasteiger partial charge on any atom is 0.308 e. The highest BCUT2D eigenvalue weighted by atomic mass is 16.5. The molecule has 0 unspecified atom stereocenters. The highest BCUT2D eigenvalue weighted by Crippen LogP contribution is 2.38. The van der Waals surface area contributed by atoms with Crippen LogP contribution in [-0.4, -0.2) is 26.2 Å². The summed E-state index contributed by atoms with van der Waals surface area (Å²) in [5.41, 5.74) is 0.681. The number of ether oxygens (including phenoxy) is 4. The summed E-state index contributed by atoms with van der Waals surface area (Å²) >= 11 is 0. The molecule has 0 fully saturated rings. The molecular weight excluding hydrogens is 392 g/mol. The van der Waals surface area contributed by atoms with E-state index in [1.54, 1.807) is 24.3 Å². The van der Waals surface area contributed by atoms with Crippen LogP contribution in [0.3, 0.4) is 0 Å². The summed E-state index contributed by atoms with van der Waals surface area (Å²) in [5.74, 6) is -0.555. The Kier molecular flexibility index (Phi) is 6.06. The number of fused-ring (bicyclic) bond motifs is 1. The lowest BCUT2D eigenvalue weighted by atomic mass is 10.0. The van der Waals surface area contributed by atoms with Gasteiger partial charge in [-0.1, -0.05) is 18.2 Å². The van der Waals surface area contributed by atoms with E-state index in [-0.39, 0.29) is 40.2 Å². The summed E-state index contributed by atoms with van der Waals surface area (Å²) in [6, 6.07) is 8.44. The van der Waals surface area contributed by atoms with Crippen molar-refractivity contribution in [2.75, 3.05) is 14.2 Å². The van der Waals surface area contributed by atoms with Gasteiger partial charge in [-0.15, -0.1) is 0 Å². The quantitative estimate of drug-likeness (QED) is 0.448. The van der Waals surface area contributed by atoms with E-state index in [9.17, 15) is 14.4 Å². The van der Waals surface area contributed by atoms with E-state index in [4.69, 9.17) is 23.4 Å². The molecule has 0 saturated carbocycles. The molecule has 2 aromatic carbocycles. The van der Waals surface area contributed by atoms with Gasteiger partial charge >= 0.3 is 11.9 Å². The summed E-state index contributed by atoms with van der Waals surface area (Å²) in [7, 11) is 2.89. The van der Waals surface area contributed by atoms with Crippen molar-refractivity contribution in [3.8, 4) is 28.4 Å². The molecule has 0 atom stereocenters. The number of esters is 2. The van der Waals surface area contributed by atoms with Gasteiger partial charge in [-0.05, 0) is 6.07 Å². The van der Waals surface area contributed by atoms with Gasteiger partial charge in [-0.2, -0.15) is 0 Å². The Morgan fingerprint density at radius 2 is 1.67 bits per heavy atom. The first-order valence-electron chi connectivity index (χ1n) is 8.97. The van der Waals surface area contributed by atoms with Crippen LogP contribution in [0.25, 0.3) is 22.1 Å². The molecule has 0 aliphatic rings. The number of hydrogen-bond donors (Lipinski definition) is 0. The van der Waals surface area contributed by atoms with Gasteiger partial charge in [0.15, 0.2) is 5.75 Å². The Hall–Kier alpha value is -3.81. The van der Waals surface area contributed by atoms with Crippen LogP contribution in [0.15, 0.2) is 45.8 Å². The Morgan fingerprint density at radius 3 is 2.30 bits per heavy atom. The first-order chi connectivity index (χ1) is 14.4. The lowest BCUT2D eigenvalue weighted by molar-refractivity contribution is -0.142. The van der Waals surface area contributed by atoms with E-state index in [0.717, 1.165) is 0 Å². The molecule has 0 saturated heterocycles. The lowest BCUT2D eigenvalue weighted by Crippen LogP contribution is -2.13. The number of para-hydroxylation sites is 1. The van der Waals surface area contributed by atoms with Gasteiger partial charge in [0.2, 0.25) is 5.43 Å². The van der Waals surface area contributed by atoms with E-state index in [2.05, 4.69) is 0 Å². The molecule has 3 rings (SSSR count). The summed E-state index contributed by atoms with van der Waals surface area (Å²) in [5, 5.41) is 0.0246. The zero-order chi connectivity index (χ0) is 21.8. The second-order valence-corrected chi connectivity index (χ2v) is 6.31. The molecule has 30 heavy (non-hydrogen) atoms. The van der Waals surface area contributed by atoms with E-state index in [1.165, 1.54) is 40.4 Å². The maximum absolute atomic E-state index is 13.4. The van der Waals surface area contributed by atoms with E-state index in [0.29, 0.717) is 11.3 Å². The van der Waals surface area contributed by atoms with Gasteiger partial charge in [0.25, 0.3) is 0 Å². The van der Waals surface area contributed by atoms with Crippen molar-refractivity contribution in [1.82, 2.24) is 0 Å². The van der Waals surface area contributed by atoms with Crippen LogP contribution in [-0.2, 0) is 20.9 Å². The smallest absolute Gasteiger partial charge is 0.308 e. The Bertz CT molecular complexity index is 1180. The molecule has 8 nitrogen and oxygen atoms in total. The fourth-order valence-electron chi connectivity index (χ4n) is 3.07. The predicted octanol–water partition coefficient (Wildman–Crippen LogP) is 3.47. The number of hydrogen-bond acceptors (Lipinski definition) is 8. The number of rotatable bonds is 6. The SMILES string of the molecule is COc1ccccc1-c1coc2cc(OC)c(COC(C)=O)c(OC(C)=O)c2c1=O. The van der Waals surface area contributed by atoms with Crippen LogP contribution < -0.4 is 19.6 Å². The third-order valence-electron chi connectivity index (χ3n) is 4.37. The number of methoxy groups -OCH3 is 2. The van der Waals surface area contributed by atoms with Crippen molar-refractivity contribution in [3.63, 3.8) is 0 Å². The molecule has 0 amide bonds. The lowest BCUT2D eigenvalue weighted by Gasteiger charge is -2.16. The molecule has 1 aromatic heterocycles. The minimum atomic E-state index is -0.657. The van der Waals surface area contributed by atoms with Crippen LogP contribution in [0.4, 0.5) is 0 Å². The normalized spacial score (nSPS) is 10.5. The predicted molar refractivity (Wildman–Crippen MR) is 108 cm³/mol. The van der Waals surface area contributed by atoms with Crippen LogP contribution in [0, 0.1) is 0 Å². The van der Waals surface area contributed by atoms with Crippen molar-refractivity contribution in [2.45, 2.75) is 20.5 Å². The highest BCUT2D eigenvalue weighted by Gasteiger charge is 2.24. The molecule has 0 spiro atoms. The van der Waals surface area contributed by atoms with Gasteiger partial charge in [-0.3, -0.25) is 14.4 Å².